The quantitative estimate of drug-likeness (QED) is 0.263. The van der Waals surface area contributed by atoms with Crippen molar-refractivity contribution in [1.82, 2.24) is 10.6 Å². The third-order valence-corrected chi connectivity index (χ3v) is 3.14. The highest BCUT2D eigenvalue weighted by Crippen LogP contribution is 2.20. The molecule has 0 saturated heterocycles. The Bertz CT molecular complexity index is 540. The molecule has 0 saturated carbocycles. The molecule has 9 heteroatoms. The summed E-state index contributed by atoms with van der Waals surface area (Å²) in [4.78, 5) is 3.91. The van der Waals surface area contributed by atoms with Crippen molar-refractivity contribution in [2.24, 2.45) is 4.99 Å². The zero-order valence-electron chi connectivity index (χ0n) is 14.6. The molecular formula is C16H25F3IN3O2. The van der Waals surface area contributed by atoms with Crippen molar-refractivity contribution in [3.8, 4) is 5.75 Å². The summed E-state index contributed by atoms with van der Waals surface area (Å²) in [6, 6.07) is 5.76. The van der Waals surface area contributed by atoms with Gasteiger partial charge in [0, 0.05) is 32.8 Å². The number of nitrogens with zero attached hydrogens (tertiary/aromatic N) is 1. The van der Waals surface area contributed by atoms with Crippen LogP contribution in [0.5, 0.6) is 5.75 Å². The summed E-state index contributed by atoms with van der Waals surface area (Å²) in [5, 5.41) is 5.62. The fourth-order valence-corrected chi connectivity index (χ4v) is 1.90. The first-order chi connectivity index (χ1) is 11.4. The summed E-state index contributed by atoms with van der Waals surface area (Å²) in [6.07, 6.45) is -5.10. The van der Waals surface area contributed by atoms with Crippen LogP contribution in [0, 0.1) is 6.92 Å². The molecule has 0 radical (unpaired) electrons. The van der Waals surface area contributed by atoms with Gasteiger partial charge in [-0.15, -0.1) is 24.0 Å². The van der Waals surface area contributed by atoms with Crippen molar-refractivity contribution in [1.29, 1.82) is 0 Å². The van der Waals surface area contributed by atoms with Gasteiger partial charge >= 0.3 is 6.18 Å². The van der Waals surface area contributed by atoms with Crippen LogP contribution >= 0.6 is 24.0 Å². The number of halogens is 4. The standard InChI is InChI=1S/C16H24F3N3O2.HI/c1-12-4-5-13(14(10-12)24-9-8-23-3)11-22-15(20-2)21-7-6-16(17,18)19;/h4-5,10H,6-9,11H2,1-3H3,(H2,20,21,22);1H. The van der Waals surface area contributed by atoms with Crippen LogP contribution in [0.15, 0.2) is 23.2 Å². The lowest BCUT2D eigenvalue weighted by Gasteiger charge is -2.16. The maximum Gasteiger partial charge on any atom is 0.390 e. The topological polar surface area (TPSA) is 54.9 Å². The molecule has 5 nitrogen and oxygen atoms in total. The van der Waals surface area contributed by atoms with Gasteiger partial charge in [0.15, 0.2) is 5.96 Å². The third-order valence-electron chi connectivity index (χ3n) is 3.14. The molecule has 0 spiro atoms. The van der Waals surface area contributed by atoms with Gasteiger partial charge in [-0.1, -0.05) is 12.1 Å². The highest BCUT2D eigenvalue weighted by molar-refractivity contribution is 14.0. The van der Waals surface area contributed by atoms with Crippen LogP contribution in [0.4, 0.5) is 13.2 Å². The summed E-state index contributed by atoms with van der Waals surface area (Å²) in [5.74, 6) is 1.02. The molecule has 0 aliphatic rings. The van der Waals surface area contributed by atoms with Crippen LogP contribution in [0.1, 0.15) is 17.5 Å². The summed E-state index contributed by atoms with van der Waals surface area (Å²) in [5.41, 5.74) is 1.94. The minimum Gasteiger partial charge on any atom is -0.491 e. The lowest BCUT2D eigenvalue weighted by atomic mass is 10.1. The number of ether oxygens (including phenoxy) is 2. The number of aryl methyl sites for hydroxylation is 1. The van der Waals surface area contributed by atoms with Crippen LogP contribution in [0.25, 0.3) is 0 Å². The fraction of sp³-hybridized carbons (Fsp3) is 0.562. The van der Waals surface area contributed by atoms with Gasteiger partial charge < -0.3 is 20.1 Å². The van der Waals surface area contributed by atoms with Crippen LogP contribution in [-0.2, 0) is 11.3 Å². The van der Waals surface area contributed by atoms with E-state index in [9.17, 15) is 13.2 Å². The number of methoxy groups -OCH3 is 1. The fourth-order valence-electron chi connectivity index (χ4n) is 1.90. The molecule has 0 heterocycles. The van der Waals surface area contributed by atoms with Crippen LogP contribution in [-0.4, -0.2) is 46.1 Å². The molecule has 0 fully saturated rings. The second-order valence-corrected chi connectivity index (χ2v) is 5.17. The van der Waals surface area contributed by atoms with Crippen LogP contribution < -0.4 is 15.4 Å². The number of alkyl halides is 3. The zero-order valence-corrected chi connectivity index (χ0v) is 16.9. The highest BCUT2D eigenvalue weighted by atomic mass is 127. The molecule has 0 bridgehead atoms. The maximum atomic E-state index is 12.2. The van der Waals surface area contributed by atoms with Crippen molar-refractivity contribution in [3.63, 3.8) is 0 Å². The molecule has 0 aliphatic heterocycles. The van der Waals surface area contributed by atoms with Crippen molar-refractivity contribution >= 4 is 29.9 Å². The first kappa shape index (κ1) is 23.8. The van der Waals surface area contributed by atoms with Gasteiger partial charge in [-0.2, -0.15) is 13.2 Å². The molecule has 144 valence electrons. The van der Waals surface area contributed by atoms with E-state index in [1.54, 1.807) is 7.11 Å². The third kappa shape index (κ3) is 10.4. The van der Waals surface area contributed by atoms with Gasteiger partial charge in [-0.3, -0.25) is 4.99 Å². The van der Waals surface area contributed by atoms with Crippen molar-refractivity contribution in [2.75, 3.05) is 33.9 Å². The second-order valence-electron chi connectivity index (χ2n) is 5.17. The average Bonchev–Trinajstić information content (AvgIpc) is 2.51. The number of hydrogen-bond donors (Lipinski definition) is 2. The molecule has 1 aromatic rings. The number of rotatable bonds is 8. The molecule has 0 aliphatic carbocycles. The van der Waals surface area contributed by atoms with Gasteiger partial charge in [-0.25, -0.2) is 0 Å². The SMILES string of the molecule is CN=C(NCCC(F)(F)F)NCc1ccc(C)cc1OCCOC.I. The molecular weight excluding hydrogens is 450 g/mol. The maximum absolute atomic E-state index is 12.2. The van der Waals surface area contributed by atoms with Crippen LogP contribution in [0.2, 0.25) is 0 Å². The summed E-state index contributed by atoms with van der Waals surface area (Å²) in [7, 11) is 3.10. The highest BCUT2D eigenvalue weighted by Gasteiger charge is 2.26. The van der Waals surface area contributed by atoms with Gasteiger partial charge in [0.1, 0.15) is 12.4 Å². The molecule has 0 aromatic heterocycles. The number of hydrogen-bond acceptors (Lipinski definition) is 3. The van der Waals surface area contributed by atoms with E-state index in [4.69, 9.17) is 9.47 Å². The van der Waals surface area contributed by atoms with E-state index in [0.717, 1.165) is 11.1 Å². The molecule has 25 heavy (non-hydrogen) atoms. The van der Waals surface area contributed by atoms with Gasteiger partial charge in [-0.05, 0) is 18.6 Å². The molecule has 0 unspecified atom stereocenters. The van der Waals surface area contributed by atoms with E-state index in [-0.39, 0.29) is 30.5 Å². The Morgan fingerprint density at radius 3 is 2.52 bits per heavy atom. The Balaban J connectivity index is 0.00000576. The zero-order chi connectivity index (χ0) is 18.0. The van der Waals surface area contributed by atoms with Gasteiger partial charge in [0.2, 0.25) is 0 Å². The van der Waals surface area contributed by atoms with Crippen molar-refractivity contribution in [2.45, 2.75) is 26.1 Å². The van der Waals surface area contributed by atoms with Gasteiger partial charge in [0.25, 0.3) is 0 Å². The van der Waals surface area contributed by atoms with E-state index >= 15 is 0 Å². The molecule has 1 aromatic carbocycles. The largest absolute Gasteiger partial charge is 0.491 e. The Morgan fingerprint density at radius 1 is 1.20 bits per heavy atom. The lowest BCUT2D eigenvalue weighted by molar-refractivity contribution is -0.132. The summed E-state index contributed by atoms with van der Waals surface area (Å²) < 4.78 is 47.2. The second kappa shape index (κ2) is 12.2. The minimum atomic E-state index is -4.19. The predicted octanol–water partition coefficient (Wildman–Crippen LogP) is 3.26. The van der Waals surface area contributed by atoms with E-state index in [1.165, 1.54) is 7.05 Å². The lowest BCUT2D eigenvalue weighted by Crippen LogP contribution is -2.38. The first-order valence-electron chi connectivity index (χ1n) is 7.58. The van der Waals surface area contributed by atoms with Gasteiger partial charge in [0.05, 0.1) is 13.0 Å². The number of benzene rings is 1. The Morgan fingerprint density at radius 2 is 1.92 bits per heavy atom. The van der Waals surface area contributed by atoms with E-state index in [2.05, 4.69) is 15.6 Å². The number of guanidine groups is 1. The van der Waals surface area contributed by atoms with E-state index in [0.29, 0.717) is 31.5 Å². The normalized spacial score (nSPS) is 11.7. The Kier molecular flexibility index (Phi) is 11.6. The smallest absolute Gasteiger partial charge is 0.390 e. The number of nitrogens with one attached hydrogen (secondary N) is 2. The molecule has 1 rings (SSSR count). The minimum absolute atomic E-state index is 0. The molecule has 0 amide bonds. The first-order valence-corrected chi connectivity index (χ1v) is 7.58. The van der Waals surface area contributed by atoms with Crippen molar-refractivity contribution in [3.05, 3.63) is 29.3 Å². The molecule has 0 atom stereocenters. The average molecular weight is 475 g/mol. The predicted molar refractivity (Wildman–Crippen MR) is 103 cm³/mol. The Hall–Kier alpha value is -1.23. The molecule has 2 N–H and O–H groups in total. The van der Waals surface area contributed by atoms with Crippen molar-refractivity contribution < 1.29 is 22.6 Å². The summed E-state index contributed by atoms with van der Waals surface area (Å²) >= 11 is 0. The van der Waals surface area contributed by atoms with E-state index < -0.39 is 12.6 Å². The monoisotopic (exact) mass is 475 g/mol. The Labute approximate surface area is 163 Å². The van der Waals surface area contributed by atoms with E-state index in [1.807, 2.05) is 25.1 Å². The van der Waals surface area contributed by atoms with Crippen LogP contribution in [0.3, 0.4) is 0 Å². The number of aliphatic imine (C=N–C) groups is 1. The summed E-state index contributed by atoms with van der Waals surface area (Å²) in [6.45, 7) is 3.01.